The van der Waals surface area contributed by atoms with Crippen LogP contribution >= 0.6 is 0 Å². The predicted molar refractivity (Wildman–Crippen MR) is 54.5 cm³/mol. The average molecular weight is 265 g/mol. The van der Waals surface area contributed by atoms with E-state index in [2.05, 4.69) is 10.7 Å². The zero-order chi connectivity index (χ0) is 13.9. The summed E-state index contributed by atoms with van der Waals surface area (Å²) in [6.45, 7) is 1.42. The van der Waals surface area contributed by atoms with E-state index < -0.39 is 29.4 Å². The molecule has 0 bridgehead atoms. The summed E-state index contributed by atoms with van der Waals surface area (Å²) in [6, 6.07) is 2.13. The van der Waals surface area contributed by atoms with E-state index in [1.807, 2.05) is 0 Å². The van der Waals surface area contributed by atoms with Crippen molar-refractivity contribution >= 4 is 5.97 Å². The highest BCUT2D eigenvalue weighted by molar-refractivity contribution is 5.72. The van der Waals surface area contributed by atoms with Gasteiger partial charge < -0.3 is 4.84 Å². The van der Waals surface area contributed by atoms with Gasteiger partial charge in [0.25, 0.3) is 0 Å². The van der Waals surface area contributed by atoms with Crippen molar-refractivity contribution in [2.75, 3.05) is 0 Å². The summed E-state index contributed by atoms with van der Waals surface area (Å²) in [5, 5.41) is 0. The van der Waals surface area contributed by atoms with Crippen molar-refractivity contribution in [3.63, 3.8) is 0 Å². The van der Waals surface area contributed by atoms with Gasteiger partial charge in [0.2, 0.25) is 0 Å². The molecule has 0 aliphatic rings. The maximum absolute atomic E-state index is 13.1. The molecule has 0 saturated carbocycles. The van der Waals surface area contributed by atoms with Gasteiger partial charge >= 0.3 is 12.1 Å². The van der Waals surface area contributed by atoms with Crippen LogP contribution in [-0.4, -0.2) is 5.97 Å². The Morgan fingerprint density at radius 2 is 2.00 bits per heavy atom. The first-order chi connectivity index (χ1) is 8.24. The number of alkyl halides is 3. The first-order valence-electron chi connectivity index (χ1n) is 5.01. The molecule has 100 valence electrons. The van der Waals surface area contributed by atoms with Crippen molar-refractivity contribution in [1.29, 1.82) is 0 Å². The lowest BCUT2D eigenvalue weighted by Gasteiger charge is -2.12. The van der Waals surface area contributed by atoms with Crippen LogP contribution < -0.4 is 5.90 Å². The third-order valence-electron chi connectivity index (χ3n) is 2.35. The molecule has 3 nitrogen and oxygen atoms in total. The van der Waals surface area contributed by atoms with Crippen LogP contribution in [0.15, 0.2) is 18.2 Å². The molecule has 2 N–H and O–H groups in total. The second-order valence-corrected chi connectivity index (χ2v) is 3.89. The minimum Gasteiger partial charge on any atom is -0.373 e. The van der Waals surface area contributed by atoms with Crippen LogP contribution in [0, 0.1) is 11.7 Å². The lowest BCUT2D eigenvalue weighted by molar-refractivity contribution is -0.148. The molecule has 1 atom stereocenters. The largest absolute Gasteiger partial charge is 0.416 e. The summed E-state index contributed by atoms with van der Waals surface area (Å²) in [5.41, 5.74) is -1.04. The summed E-state index contributed by atoms with van der Waals surface area (Å²) in [4.78, 5) is 15.0. The molecule has 0 fully saturated rings. The van der Waals surface area contributed by atoms with Gasteiger partial charge in [-0.15, -0.1) is 0 Å². The van der Waals surface area contributed by atoms with Gasteiger partial charge in [-0.1, -0.05) is 6.92 Å². The predicted octanol–water partition coefficient (Wildman–Crippen LogP) is 2.44. The molecule has 1 aromatic carbocycles. The zero-order valence-electron chi connectivity index (χ0n) is 9.42. The van der Waals surface area contributed by atoms with Crippen molar-refractivity contribution in [2.24, 2.45) is 11.8 Å². The average Bonchev–Trinajstić information content (AvgIpc) is 2.25. The van der Waals surface area contributed by atoms with Gasteiger partial charge in [-0.2, -0.15) is 19.1 Å². The second kappa shape index (κ2) is 5.34. The van der Waals surface area contributed by atoms with E-state index in [-0.39, 0.29) is 12.0 Å². The van der Waals surface area contributed by atoms with Crippen molar-refractivity contribution in [3.05, 3.63) is 35.1 Å². The van der Waals surface area contributed by atoms with Crippen molar-refractivity contribution < 1.29 is 27.2 Å². The molecule has 0 spiro atoms. The van der Waals surface area contributed by atoms with Crippen LogP contribution in [0.5, 0.6) is 0 Å². The van der Waals surface area contributed by atoms with Gasteiger partial charge in [0.05, 0.1) is 11.5 Å². The highest BCUT2D eigenvalue weighted by Gasteiger charge is 2.31. The summed E-state index contributed by atoms with van der Waals surface area (Å²) >= 11 is 0. The van der Waals surface area contributed by atoms with E-state index in [0.29, 0.717) is 6.07 Å². The summed E-state index contributed by atoms with van der Waals surface area (Å²) in [6.07, 6.45) is -4.72. The van der Waals surface area contributed by atoms with Gasteiger partial charge in [0.1, 0.15) is 5.82 Å². The number of carbonyl (C=O) groups is 1. The van der Waals surface area contributed by atoms with Crippen LogP contribution in [0.2, 0.25) is 0 Å². The van der Waals surface area contributed by atoms with E-state index in [1.54, 1.807) is 0 Å². The third kappa shape index (κ3) is 3.69. The van der Waals surface area contributed by atoms with Crippen LogP contribution in [0.4, 0.5) is 17.6 Å². The molecule has 0 saturated heterocycles. The normalized spacial score (nSPS) is 13.2. The molecule has 18 heavy (non-hydrogen) atoms. The van der Waals surface area contributed by atoms with E-state index >= 15 is 0 Å². The summed E-state index contributed by atoms with van der Waals surface area (Å²) in [5.74, 6) is 2.12. The Morgan fingerprint density at radius 3 is 2.50 bits per heavy atom. The highest BCUT2D eigenvalue weighted by atomic mass is 19.4. The lowest BCUT2D eigenvalue weighted by atomic mass is 9.99. The monoisotopic (exact) mass is 265 g/mol. The highest BCUT2D eigenvalue weighted by Crippen LogP contribution is 2.30. The van der Waals surface area contributed by atoms with Crippen molar-refractivity contribution in [2.45, 2.75) is 19.5 Å². The van der Waals surface area contributed by atoms with Crippen LogP contribution in [-0.2, 0) is 22.2 Å². The second-order valence-electron chi connectivity index (χ2n) is 3.89. The first-order valence-corrected chi connectivity index (χ1v) is 5.01. The standard InChI is InChI=1S/C11H11F4NO2/c1-6(10(17)18-16)2-7-3-8(11(13,14)15)5-9(12)4-7/h3-6H,2,16H2,1H3. The Hall–Kier alpha value is -1.63. The number of halogens is 4. The molecule has 0 heterocycles. The first kappa shape index (κ1) is 14.4. The third-order valence-corrected chi connectivity index (χ3v) is 2.35. The maximum Gasteiger partial charge on any atom is 0.416 e. The SMILES string of the molecule is CC(Cc1cc(F)cc(C(F)(F)F)c1)C(=O)ON. The molecule has 0 amide bonds. The quantitative estimate of drug-likeness (QED) is 0.674. The molecule has 1 rings (SSSR count). The molecule has 0 radical (unpaired) electrons. The molecule has 1 aromatic rings. The summed E-state index contributed by atoms with van der Waals surface area (Å²) in [7, 11) is 0. The molecule has 1 unspecified atom stereocenters. The number of nitrogens with two attached hydrogens (primary N) is 1. The Bertz CT molecular complexity index is 445. The molecular weight excluding hydrogens is 254 g/mol. The number of carbonyl (C=O) groups excluding carboxylic acids is 1. The zero-order valence-corrected chi connectivity index (χ0v) is 9.42. The van der Waals surface area contributed by atoms with Crippen molar-refractivity contribution in [3.8, 4) is 0 Å². The summed E-state index contributed by atoms with van der Waals surface area (Å²) < 4.78 is 50.3. The molecule has 7 heteroatoms. The molecule has 0 aromatic heterocycles. The van der Waals surface area contributed by atoms with E-state index in [1.165, 1.54) is 6.92 Å². The van der Waals surface area contributed by atoms with E-state index in [4.69, 9.17) is 0 Å². The lowest BCUT2D eigenvalue weighted by Crippen LogP contribution is -2.20. The topological polar surface area (TPSA) is 52.3 Å². The Morgan fingerprint density at radius 1 is 1.39 bits per heavy atom. The number of rotatable bonds is 3. The van der Waals surface area contributed by atoms with Gasteiger partial charge in [-0.25, -0.2) is 4.39 Å². The number of hydrogen-bond donors (Lipinski definition) is 1. The van der Waals surface area contributed by atoms with E-state index in [9.17, 15) is 22.4 Å². The van der Waals surface area contributed by atoms with Crippen molar-refractivity contribution in [1.82, 2.24) is 0 Å². The minimum absolute atomic E-state index is 0.0558. The van der Waals surface area contributed by atoms with Gasteiger partial charge in [-0.3, -0.25) is 4.79 Å². The van der Waals surface area contributed by atoms with Gasteiger partial charge in [-0.05, 0) is 30.2 Å². The Kier molecular flexibility index (Phi) is 4.28. The molecule has 0 aliphatic heterocycles. The van der Waals surface area contributed by atoms with Crippen LogP contribution in [0.1, 0.15) is 18.1 Å². The number of benzene rings is 1. The fourth-order valence-electron chi connectivity index (χ4n) is 1.48. The molecular formula is C11H11F4NO2. The minimum atomic E-state index is -4.63. The fourth-order valence-corrected chi connectivity index (χ4v) is 1.48. The number of hydrogen-bond acceptors (Lipinski definition) is 3. The van der Waals surface area contributed by atoms with Gasteiger partial charge in [0.15, 0.2) is 0 Å². The van der Waals surface area contributed by atoms with Crippen LogP contribution in [0.3, 0.4) is 0 Å². The fraction of sp³-hybridized carbons (Fsp3) is 0.364. The van der Waals surface area contributed by atoms with Gasteiger partial charge in [0, 0.05) is 0 Å². The smallest absolute Gasteiger partial charge is 0.373 e. The van der Waals surface area contributed by atoms with Crippen LogP contribution in [0.25, 0.3) is 0 Å². The Labute approximate surface area is 100 Å². The molecule has 0 aliphatic carbocycles. The van der Waals surface area contributed by atoms with E-state index in [0.717, 1.165) is 12.1 Å². The maximum atomic E-state index is 13.1. The Balaban J connectivity index is 2.97.